The average Bonchev–Trinajstić information content (AvgIpc) is 2.40. The van der Waals surface area contributed by atoms with Gasteiger partial charge < -0.3 is 5.73 Å². The summed E-state index contributed by atoms with van der Waals surface area (Å²) in [6.45, 7) is 6.51. The lowest BCUT2D eigenvalue weighted by Gasteiger charge is -2.19. The van der Waals surface area contributed by atoms with Crippen LogP contribution in [-0.4, -0.2) is 5.78 Å². The molecule has 1 rings (SSSR count). The molecule has 2 N–H and O–H groups in total. The number of nitrogens with two attached hydrogens (primary N) is 1. The Kier molecular flexibility index (Phi) is 6.76. The Hall–Kier alpha value is -1.36. The summed E-state index contributed by atoms with van der Waals surface area (Å²) in [6, 6.07) is 3.49. The zero-order valence-corrected chi connectivity index (χ0v) is 11.6. The van der Waals surface area contributed by atoms with Crippen molar-refractivity contribution >= 4 is 5.78 Å². The highest BCUT2D eigenvalue weighted by molar-refractivity contribution is 5.88. The standard InChI is InChI=1S/C12H14F3NO.C2H6/c1-7(2)11(17)12(14,15)9-5-3-4-8(6-16)10(9)13;1-2/h3-5,7H,6,16H2,1-2H3;1-2H3. The summed E-state index contributed by atoms with van der Waals surface area (Å²) in [7, 11) is 0. The van der Waals surface area contributed by atoms with E-state index in [0.717, 1.165) is 6.07 Å². The SMILES string of the molecule is CC.CC(C)C(=O)C(F)(F)c1cccc(CN)c1F. The van der Waals surface area contributed by atoms with Gasteiger partial charge in [-0.15, -0.1) is 0 Å². The molecule has 0 aliphatic rings. The van der Waals surface area contributed by atoms with Gasteiger partial charge >= 0.3 is 5.92 Å². The van der Waals surface area contributed by atoms with E-state index in [2.05, 4.69) is 0 Å². The number of benzene rings is 1. The monoisotopic (exact) mass is 275 g/mol. The number of alkyl halides is 2. The fourth-order valence-corrected chi connectivity index (χ4v) is 1.48. The lowest BCUT2D eigenvalue weighted by molar-refractivity contribution is -0.148. The highest BCUT2D eigenvalue weighted by Gasteiger charge is 2.44. The van der Waals surface area contributed by atoms with Crippen molar-refractivity contribution in [3.05, 3.63) is 35.1 Å². The molecule has 0 heterocycles. The van der Waals surface area contributed by atoms with Crippen molar-refractivity contribution in [2.45, 2.75) is 40.2 Å². The van der Waals surface area contributed by atoms with Crippen LogP contribution in [0.2, 0.25) is 0 Å². The molecule has 0 saturated heterocycles. The average molecular weight is 275 g/mol. The molecule has 0 bridgehead atoms. The molecular weight excluding hydrogens is 255 g/mol. The molecule has 0 aromatic heterocycles. The summed E-state index contributed by atoms with van der Waals surface area (Å²) < 4.78 is 41.2. The molecule has 0 aliphatic carbocycles. The van der Waals surface area contributed by atoms with Gasteiger partial charge in [-0.05, 0) is 6.07 Å². The fraction of sp³-hybridized carbons (Fsp3) is 0.500. The molecule has 0 spiro atoms. The molecule has 5 heteroatoms. The van der Waals surface area contributed by atoms with Gasteiger partial charge in [-0.1, -0.05) is 39.8 Å². The molecule has 0 fully saturated rings. The molecule has 108 valence electrons. The number of hydrogen-bond acceptors (Lipinski definition) is 2. The molecule has 1 aromatic carbocycles. The van der Waals surface area contributed by atoms with Crippen LogP contribution in [0.5, 0.6) is 0 Å². The molecule has 19 heavy (non-hydrogen) atoms. The highest BCUT2D eigenvalue weighted by atomic mass is 19.3. The van der Waals surface area contributed by atoms with Crippen LogP contribution < -0.4 is 5.73 Å². The van der Waals surface area contributed by atoms with Crippen molar-refractivity contribution in [3.63, 3.8) is 0 Å². The van der Waals surface area contributed by atoms with Crippen molar-refractivity contribution in [3.8, 4) is 0 Å². The van der Waals surface area contributed by atoms with Gasteiger partial charge in [-0.25, -0.2) is 4.39 Å². The normalized spacial score (nSPS) is 11.0. The van der Waals surface area contributed by atoms with E-state index in [-0.39, 0.29) is 12.1 Å². The first kappa shape index (κ1) is 17.6. The molecule has 2 nitrogen and oxygen atoms in total. The fourth-order valence-electron chi connectivity index (χ4n) is 1.48. The van der Waals surface area contributed by atoms with Gasteiger partial charge in [0.1, 0.15) is 5.82 Å². The first-order chi connectivity index (χ1) is 8.82. The van der Waals surface area contributed by atoms with Crippen LogP contribution in [0.1, 0.15) is 38.8 Å². The third kappa shape index (κ3) is 3.80. The maximum Gasteiger partial charge on any atom is 0.333 e. The van der Waals surface area contributed by atoms with E-state index in [9.17, 15) is 18.0 Å². The topological polar surface area (TPSA) is 43.1 Å². The Morgan fingerprint density at radius 1 is 1.32 bits per heavy atom. The Labute approximate surface area is 111 Å². The van der Waals surface area contributed by atoms with Crippen LogP contribution in [0.4, 0.5) is 13.2 Å². The van der Waals surface area contributed by atoms with Gasteiger partial charge in [0.15, 0.2) is 0 Å². The summed E-state index contributed by atoms with van der Waals surface area (Å²) in [6.07, 6.45) is 0. The smallest absolute Gasteiger partial charge is 0.326 e. The van der Waals surface area contributed by atoms with E-state index >= 15 is 0 Å². The first-order valence-corrected chi connectivity index (χ1v) is 6.22. The van der Waals surface area contributed by atoms with Gasteiger partial charge in [0.25, 0.3) is 0 Å². The van der Waals surface area contributed by atoms with Crippen molar-refractivity contribution in [1.82, 2.24) is 0 Å². The number of rotatable bonds is 4. The zero-order chi connectivity index (χ0) is 15.2. The zero-order valence-electron chi connectivity index (χ0n) is 11.6. The minimum Gasteiger partial charge on any atom is -0.326 e. The van der Waals surface area contributed by atoms with Gasteiger partial charge in [0, 0.05) is 18.0 Å². The van der Waals surface area contributed by atoms with Crippen LogP contribution in [0.3, 0.4) is 0 Å². The molecule has 0 atom stereocenters. The Bertz CT molecular complexity index is 431. The van der Waals surface area contributed by atoms with E-state index in [1.165, 1.54) is 26.0 Å². The summed E-state index contributed by atoms with van der Waals surface area (Å²) in [5, 5.41) is 0. The summed E-state index contributed by atoms with van der Waals surface area (Å²) in [5.74, 6) is -7.09. The molecule has 0 radical (unpaired) electrons. The van der Waals surface area contributed by atoms with E-state index in [1.807, 2.05) is 13.8 Å². The number of carbonyl (C=O) groups excluding carboxylic acids is 1. The minimum atomic E-state index is -3.82. The highest BCUT2D eigenvalue weighted by Crippen LogP contribution is 2.34. The van der Waals surface area contributed by atoms with E-state index in [4.69, 9.17) is 5.73 Å². The van der Waals surface area contributed by atoms with E-state index < -0.39 is 29.0 Å². The maximum atomic E-state index is 13.7. The van der Waals surface area contributed by atoms with Crippen LogP contribution >= 0.6 is 0 Å². The van der Waals surface area contributed by atoms with Gasteiger partial charge in [0.05, 0.1) is 5.56 Å². The third-order valence-corrected chi connectivity index (χ3v) is 2.47. The van der Waals surface area contributed by atoms with Crippen molar-refractivity contribution in [2.24, 2.45) is 11.7 Å². The molecule has 0 saturated carbocycles. The predicted molar refractivity (Wildman–Crippen MR) is 69.4 cm³/mol. The molecule has 1 aromatic rings. The first-order valence-electron chi connectivity index (χ1n) is 6.22. The molecule has 0 amide bonds. The quantitative estimate of drug-likeness (QED) is 0.911. The van der Waals surface area contributed by atoms with Crippen LogP contribution in [0, 0.1) is 11.7 Å². The lowest BCUT2D eigenvalue weighted by Crippen LogP contribution is -2.31. The van der Waals surface area contributed by atoms with Crippen LogP contribution in [-0.2, 0) is 17.3 Å². The number of hydrogen-bond donors (Lipinski definition) is 1. The number of Topliss-reactive ketones (excluding diaryl/α,β-unsaturated/α-hetero) is 1. The summed E-state index contributed by atoms with van der Waals surface area (Å²) in [5.41, 5.74) is 4.30. The second kappa shape index (κ2) is 7.28. The second-order valence-electron chi connectivity index (χ2n) is 4.08. The number of ketones is 1. The van der Waals surface area contributed by atoms with Crippen molar-refractivity contribution in [2.75, 3.05) is 0 Å². The van der Waals surface area contributed by atoms with E-state index in [0.29, 0.717) is 0 Å². The molecule has 0 aliphatic heterocycles. The summed E-state index contributed by atoms with van der Waals surface area (Å²) >= 11 is 0. The van der Waals surface area contributed by atoms with Crippen molar-refractivity contribution in [1.29, 1.82) is 0 Å². The molecule has 0 unspecified atom stereocenters. The Balaban J connectivity index is 0.00000154. The Morgan fingerprint density at radius 2 is 1.84 bits per heavy atom. The largest absolute Gasteiger partial charge is 0.333 e. The van der Waals surface area contributed by atoms with Gasteiger partial charge in [-0.2, -0.15) is 8.78 Å². The lowest BCUT2D eigenvalue weighted by atomic mass is 9.95. The third-order valence-electron chi connectivity index (χ3n) is 2.47. The van der Waals surface area contributed by atoms with Gasteiger partial charge in [0.2, 0.25) is 5.78 Å². The maximum absolute atomic E-state index is 13.7. The van der Waals surface area contributed by atoms with Crippen molar-refractivity contribution < 1.29 is 18.0 Å². The predicted octanol–water partition coefficient (Wildman–Crippen LogP) is 3.63. The Morgan fingerprint density at radius 3 is 2.26 bits per heavy atom. The second-order valence-corrected chi connectivity index (χ2v) is 4.08. The van der Waals surface area contributed by atoms with Crippen LogP contribution in [0.25, 0.3) is 0 Å². The van der Waals surface area contributed by atoms with Gasteiger partial charge in [-0.3, -0.25) is 4.79 Å². The summed E-state index contributed by atoms with van der Waals surface area (Å²) in [4.78, 5) is 11.4. The molecular formula is C14H20F3NO. The van der Waals surface area contributed by atoms with E-state index in [1.54, 1.807) is 0 Å². The van der Waals surface area contributed by atoms with Crippen LogP contribution in [0.15, 0.2) is 18.2 Å². The number of halogens is 3. The minimum absolute atomic E-state index is 0.0290. The number of carbonyl (C=O) groups is 1.